The number of methoxy groups -OCH3 is 1. The van der Waals surface area contributed by atoms with Crippen LogP contribution in [-0.4, -0.2) is 33.8 Å². The molecule has 0 radical (unpaired) electrons. The minimum absolute atomic E-state index is 0.0956. The normalized spacial score (nSPS) is 10.2. The SMILES string of the molecule is COC(=O)c1cc(-n2ccc(C(N)=O)n2)ncc1N. The smallest absolute Gasteiger partial charge is 0.340 e. The van der Waals surface area contributed by atoms with Gasteiger partial charge in [-0.05, 0) is 12.1 Å². The van der Waals surface area contributed by atoms with E-state index in [0.717, 1.165) is 0 Å². The van der Waals surface area contributed by atoms with Gasteiger partial charge in [-0.25, -0.2) is 14.5 Å². The molecule has 0 aromatic carbocycles. The number of carbonyl (C=O) groups is 2. The maximum Gasteiger partial charge on any atom is 0.340 e. The highest BCUT2D eigenvalue weighted by atomic mass is 16.5. The fourth-order valence-corrected chi connectivity index (χ4v) is 1.45. The highest BCUT2D eigenvalue weighted by Crippen LogP contribution is 2.15. The molecule has 0 aliphatic carbocycles. The first-order chi connectivity index (χ1) is 9.02. The van der Waals surface area contributed by atoms with E-state index in [-0.39, 0.29) is 16.9 Å². The Kier molecular flexibility index (Phi) is 3.15. The standard InChI is InChI=1S/C11H11N5O3/c1-19-11(18)6-4-9(14-5-7(6)12)16-3-2-8(15-16)10(13)17/h2-5H,12H2,1H3,(H2,13,17). The Labute approximate surface area is 108 Å². The van der Waals surface area contributed by atoms with Gasteiger partial charge in [-0.2, -0.15) is 5.10 Å². The number of nitrogen functional groups attached to an aromatic ring is 1. The van der Waals surface area contributed by atoms with Crippen molar-refractivity contribution < 1.29 is 14.3 Å². The zero-order valence-corrected chi connectivity index (χ0v) is 10.0. The molecular formula is C11H11N5O3. The van der Waals surface area contributed by atoms with Gasteiger partial charge in [-0.15, -0.1) is 0 Å². The molecule has 8 heteroatoms. The van der Waals surface area contributed by atoms with E-state index in [2.05, 4.69) is 14.8 Å². The molecular weight excluding hydrogens is 250 g/mol. The van der Waals surface area contributed by atoms with Gasteiger partial charge in [0.2, 0.25) is 0 Å². The molecule has 2 heterocycles. The number of rotatable bonds is 3. The van der Waals surface area contributed by atoms with Gasteiger partial charge >= 0.3 is 5.97 Å². The summed E-state index contributed by atoms with van der Waals surface area (Å²) in [7, 11) is 1.25. The molecule has 8 nitrogen and oxygen atoms in total. The van der Waals surface area contributed by atoms with E-state index in [1.54, 1.807) is 0 Å². The second-order valence-corrected chi connectivity index (χ2v) is 3.63. The summed E-state index contributed by atoms with van der Waals surface area (Å²) < 4.78 is 5.91. The number of hydrogen-bond acceptors (Lipinski definition) is 6. The van der Waals surface area contributed by atoms with Gasteiger partial charge in [0, 0.05) is 6.20 Å². The molecule has 0 spiro atoms. The number of nitrogens with zero attached hydrogens (tertiary/aromatic N) is 3. The minimum atomic E-state index is -0.651. The zero-order chi connectivity index (χ0) is 14.0. The van der Waals surface area contributed by atoms with E-state index >= 15 is 0 Å². The van der Waals surface area contributed by atoms with Crippen LogP contribution in [0.2, 0.25) is 0 Å². The lowest BCUT2D eigenvalue weighted by molar-refractivity contribution is 0.0601. The molecule has 0 atom stereocenters. The molecule has 1 amide bonds. The predicted octanol–water partition coefficient (Wildman–Crippen LogP) is -0.265. The van der Waals surface area contributed by atoms with Gasteiger partial charge < -0.3 is 16.2 Å². The van der Waals surface area contributed by atoms with Crippen LogP contribution >= 0.6 is 0 Å². The summed E-state index contributed by atoms with van der Waals surface area (Å²) in [6, 6.07) is 2.86. The van der Waals surface area contributed by atoms with Crippen LogP contribution in [0.5, 0.6) is 0 Å². The van der Waals surface area contributed by atoms with Crippen molar-refractivity contribution in [1.29, 1.82) is 0 Å². The van der Waals surface area contributed by atoms with E-state index in [9.17, 15) is 9.59 Å². The first-order valence-corrected chi connectivity index (χ1v) is 5.22. The lowest BCUT2D eigenvalue weighted by atomic mass is 10.2. The van der Waals surface area contributed by atoms with Crippen molar-refractivity contribution in [2.45, 2.75) is 0 Å². The van der Waals surface area contributed by atoms with Crippen molar-refractivity contribution in [3.05, 3.63) is 35.8 Å². The average Bonchev–Trinajstić information content (AvgIpc) is 2.88. The molecule has 0 aliphatic heterocycles. The Balaban J connectivity index is 2.45. The van der Waals surface area contributed by atoms with Crippen LogP contribution in [0, 0.1) is 0 Å². The summed E-state index contributed by atoms with van der Waals surface area (Å²) in [6.45, 7) is 0. The van der Waals surface area contributed by atoms with Gasteiger partial charge in [0.05, 0.1) is 24.6 Å². The monoisotopic (exact) mass is 261 g/mol. The molecule has 0 bridgehead atoms. The minimum Gasteiger partial charge on any atom is -0.465 e. The fraction of sp³-hybridized carbons (Fsp3) is 0.0909. The topological polar surface area (TPSA) is 126 Å². The van der Waals surface area contributed by atoms with Crippen molar-refractivity contribution in [3.8, 4) is 5.82 Å². The van der Waals surface area contributed by atoms with E-state index < -0.39 is 11.9 Å². The van der Waals surface area contributed by atoms with Gasteiger partial charge in [-0.3, -0.25) is 4.79 Å². The van der Waals surface area contributed by atoms with Crippen LogP contribution in [0.15, 0.2) is 24.5 Å². The first kappa shape index (κ1) is 12.6. The molecule has 98 valence electrons. The maximum absolute atomic E-state index is 11.5. The highest BCUT2D eigenvalue weighted by molar-refractivity contribution is 5.95. The van der Waals surface area contributed by atoms with Crippen molar-refractivity contribution in [2.75, 3.05) is 12.8 Å². The van der Waals surface area contributed by atoms with E-state index in [1.165, 1.54) is 36.3 Å². The lowest BCUT2D eigenvalue weighted by Crippen LogP contribution is -2.13. The van der Waals surface area contributed by atoms with Crippen molar-refractivity contribution in [3.63, 3.8) is 0 Å². The Morgan fingerprint density at radius 1 is 1.42 bits per heavy atom. The molecule has 2 aromatic heterocycles. The third-order valence-electron chi connectivity index (χ3n) is 2.40. The van der Waals surface area contributed by atoms with Crippen LogP contribution in [-0.2, 0) is 4.74 Å². The Morgan fingerprint density at radius 2 is 2.16 bits per heavy atom. The van der Waals surface area contributed by atoms with E-state index in [1.807, 2.05) is 0 Å². The number of amides is 1. The van der Waals surface area contributed by atoms with Gasteiger partial charge in [0.25, 0.3) is 5.91 Å². The fourth-order valence-electron chi connectivity index (χ4n) is 1.45. The van der Waals surface area contributed by atoms with E-state index in [4.69, 9.17) is 11.5 Å². The van der Waals surface area contributed by atoms with Crippen molar-refractivity contribution in [1.82, 2.24) is 14.8 Å². The first-order valence-electron chi connectivity index (χ1n) is 5.22. The second kappa shape index (κ2) is 4.77. The van der Waals surface area contributed by atoms with Crippen LogP contribution in [0.4, 0.5) is 5.69 Å². The molecule has 0 aliphatic rings. The number of pyridine rings is 1. The third kappa shape index (κ3) is 2.37. The highest BCUT2D eigenvalue weighted by Gasteiger charge is 2.13. The van der Waals surface area contributed by atoms with Crippen LogP contribution in [0.1, 0.15) is 20.8 Å². The molecule has 2 aromatic rings. The van der Waals surface area contributed by atoms with Gasteiger partial charge in [0.1, 0.15) is 5.69 Å². The molecule has 19 heavy (non-hydrogen) atoms. The summed E-state index contributed by atoms with van der Waals surface area (Å²) in [4.78, 5) is 26.5. The molecule has 4 N–H and O–H groups in total. The third-order valence-corrected chi connectivity index (χ3v) is 2.40. The maximum atomic E-state index is 11.5. The molecule has 2 rings (SSSR count). The Morgan fingerprint density at radius 3 is 2.74 bits per heavy atom. The Hall–Kier alpha value is -2.90. The molecule has 0 fully saturated rings. The summed E-state index contributed by atoms with van der Waals surface area (Å²) >= 11 is 0. The lowest BCUT2D eigenvalue weighted by Gasteiger charge is -2.06. The van der Waals surface area contributed by atoms with Crippen molar-refractivity contribution in [2.24, 2.45) is 5.73 Å². The quantitative estimate of drug-likeness (QED) is 0.732. The molecule has 0 saturated carbocycles. The Bertz CT molecular complexity index is 650. The zero-order valence-electron chi connectivity index (χ0n) is 10.0. The van der Waals surface area contributed by atoms with Crippen LogP contribution < -0.4 is 11.5 Å². The van der Waals surface area contributed by atoms with Crippen molar-refractivity contribution >= 4 is 17.6 Å². The number of primary amides is 1. The average molecular weight is 261 g/mol. The summed E-state index contributed by atoms with van der Waals surface area (Å²) in [6.07, 6.45) is 2.81. The second-order valence-electron chi connectivity index (χ2n) is 3.63. The number of hydrogen-bond donors (Lipinski definition) is 2. The number of carbonyl (C=O) groups excluding carboxylic acids is 2. The van der Waals surface area contributed by atoms with E-state index in [0.29, 0.717) is 5.82 Å². The number of nitrogens with two attached hydrogens (primary N) is 2. The van der Waals surface area contributed by atoms with Gasteiger partial charge in [-0.1, -0.05) is 0 Å². The molecule has 0 unspecified atom stereocenters. The number of aromatic nitrogens is 3. The summed E-state index contributed by atoms with van der Waals surface area (Å²) in [5.74, 6) is -0.909. The number of esters is 1. The molecule has 0 saturated heterocycles. The summed E-state index contributed by atoms with van der Waals surface area (Å²) in [5.41, 5.74) is 11.2. The van der Waals surface area contributed by atoms with Gasteiger partial charge in [0.15, 0.2) is 5.82 Å². The number of ether oxygens (including phenoxy) is 1. The summed E-state index contributed by atoms with van der Waals surface area (Å²) in [5, 5.41) is 3.92. The largest absolute Gasteiger partial charge is 0.465 e. The van der Waals surface area contributed by atoms with Crippen LogP contribution in [0.25, 0.3) is 5.82 Å². The predicted molar refractivity (Wildman–Crippen MR) is 65.6 cm³/mol. The van der Waals surface area contributed by atoms with Crippen LogP contribution in [0.3, 0.4) is 0 Å². The number of anilines is 1.